The minimum atomic E-state index is 0.489. The second kappa shape index (κ2) is 18.8. The number of nitrogens with zero attached hydrogens (tertiary/aromatic N) is 4. The van der Waals surface area contributed by atoms with E-state index in [4.69, 9.17) is 23.8 Å². The van der Waals surface area contributed by atoms with E-state index in [2.05, 4.69) is 170 Å². The number of para-hydroxylation sites is 2. The monoisotopic (exact) mass is 962 g/mol. The Morgan fingerprint density at radius 2 is 1.07 bits per heavy atom. The van der Waals surface area contributed by atoms with E-state index in [1.165, 1.54) is 0 Å². The largest absolute Gasteiger partial charge is 0.456 e. The maximum Gasteiger partial charge on any atom is 0.164 e. The highest BCUT2D eigenvalue weighted by Crippen LogP contribution is 2.46. The van der Waals surface area contributed by atoms with Crippen LogP contribution in [0, 0.1) is 0 Å². The lowest BCUT2D eigenvalue weighted by Crippen LogP contribution is -2.05. The first kappa shape index (κ1) is 44.7. The molecule has 9 aromatic carbocycles. The first-order chi connectivity index (χ1) is 37.0. The molecule has 0 amide bonds. The number of rotatable bonds is 12. The molecule has 0 spiro atoms. The number of allylic oxidation sites excluding steroid dienone is 8. The van der Waals surface area contributed by atoms with Crippen LogP contribution in [0.4, 0.5) is 0 Å². The van der Waals surface area contributed by atoms with E-state index in [1.54, 1.807) is 12.2 Å². The van der Waals surface area contributed by atoms with Crippen LogP contribution in [0.1, 0.15) is 17.0 Å². The fourth-order valence-corrected chi connectivity index (χ4v) is 10.5. The minimum absolute atomic E-state index is 0.489. The molecule has 0 aliphatic carbocycles. The summed E-state index contributed by atoms with van der Waals surface area (Å²) in [5, 5.41) is 6.28. The summed E-state index contributed by atoms with van der Waals surface area (Å²) >= 11 is 0. The summed E-state index contributed by atoms with van der Waals surface area (Å²) < 4.78 is 15.8. The van der Waals surface area contributed by atoms with Gasteiger partial charge < -0.3 is 13.4 Å². The number of fused-ring (bicyclic) bond motifs is 10. The van der Waals surface area contributed by atoms with Crippen LogP contribution < -0.4 is 0 Å². The molecule has 0 unspecified atom stereocenters. The molecular weight excluding hydrogens is 917 g/mol. The highest BCUT2D eigenvalue weighted by molar-refractivity contribution is 6.25. The third-order valence-corrected chi connectivity index (χ3v) is 14.0. The van der Waals surface area contributed by atoms with E-state index < -0.39 is 0 Å². The smallest absolute Gasteiger partial charge is 0.164 e. The number of hydrogen-bond acceptors (Lipinski definition) is 5. The van der Waals surface area contributed by atoms with Crippen molar-refractivity contribution in [2.75, 3.05) is 0 Å². The first-order valence-corrected chi connectivity index (χ1v) is 24.9. The van der Waals surface area contributed by atoms with Gasteiger partial charge in [-0.25, -0.2) is 15.0 Å². The molecule has 0 aliphatic rings. The van der Waals surface area contributed by atoms with Crippen molar-refractivity contribution in [3.63, 3.8) is 0 Å². The quantitative estimate of drug-likeness (QED) is 0.114. The SMILES string of the molecule is C=C/C=C(\C=C)c1nc(-c2ccccc2)nc(-c2cc(/C=C/C=C(\C=C)c3ccccc3)c(-n3c4ccccc4c4c5oc6cc7oc8ccccc8c7cc6c5ccc43)c(-c3ccc(-c4ccccc4)cc3)c2)n1. The van der Waals surface area contributed by atoms with Crippen LogP contribution >= 0.6 is 0 Å². The summed E-state index contributed by atoms with van der Waals surface area (Å²) in [5.74, 6) is 1.54. The maximum absolute atomic E-state index is 7.01. The summed E-state index contributed by atoms with van der Waals surface area (Å²) in [6.45, 7) is 12.3. The van der Waals surface area contributed by atoms with Gasteiger partial charge in [0, 0.05) is 55.3 Å². The van der Waals surface area contributed by atoms with Gasteiger partial charge in [-0.15, -0.1) is 0 Å². The molecule has 0 N–H and O–H groups in total. The van der Waals surface area contributed by atoms with E-state index in [-0.39, 0.29) is 0 Å². The standard InChI is InChI=1S/C69H46N4O2/c1-4-21-45(6-3)67-70-68(50-26-14-9-15-27-50)72-69(71-67)52-40-51(29-20-28-44(5-2)46-22-10-7-11-23-46)65(56(41-52)49-36-34-48(35-37-49)47-24-12-8-13-25-47)73-59-32-18-16-31-55(59)64-60(73)39-38-54-58-42-57-53-30-17-19-33-61(53)74-62(57)43-63(58)75-66(54)64/h4-43H,1-3H2/b29-20+,44-28+,45-21+. The lowest BCUT2D eigenvalue weighted by atomic mass is 9.94. The molecule has 13 aromatic rings. The van der Waals surface area contributed by atoms with Gasteiger partial charge in [-0.2, -0.15) is 0 Å². The topological polar surface area (TPSA) is 69.9 Å². The fraction of sp³-hybridized carbons (Fsp3) is 0. The molecule has 0 saturated carbocycles. The number of aromatic nitrogens is 4. The van der Waals surface area contributed by atoms with E-state index >= 15 is 0 Å². The predicted molar refractivity (Wildman–Crippen MR) is 312 cm³/mol. The number of hydrogen-bond donors (Lipinski definition) is 0. The highest BCUT2D eigenvalue weighted by Gasteiger charge is 2.25. The Balaban J connectivity index is 1.12. The molecule has 0 atom stereocenters. The van der Waals surface area contributed by atoms with Crippen molar-refractivity contribution in [2.45, 2.75) is 0 Å². The Labute approximate surface area is 433 Å². The lowest BCUT2D eigenvalue weighted by Gasteiger charge is -2.20. The van der Waals surface area contributed by atoms with Crippen LogP contribution in [0.3, 0.4) is 0 Å². The number of benzene rings is 9. The predicted octanol–water partition coefficient (Wildman–Crippen LogP) is 18.5. The molecule has 4 heterocycles. The van der Waals surface area contributed by atoms with Gasteiger partial charge in [-0.3, -0.25) is 0 Å². The average molecular weight is 963 g/mol. The molecule has 0 saturated heterocycles. The van der Waals surface area contributed by atoms with E-state index in [0.717, 1.165) is 127 Å². The Hall–Kier alpha value is -10.2. The van der Waals surface area contributed by atoms with Crippen molar-refractivity contribution in [3.05, 3.63) is 273 Å². The van der Waals surface area contributed by atoms with Crippen molar-refractivity contribution in [1.29, 1.82) is 0 Å². The molecule has 6 nitrogen and oxygen atoms in total. The first-order valence-electron chi connectivity index (χ1n) is 24.9. The normalized spacial score (nSPS) is 12.3. The molecule has 4 aromatic heterocycles. The molecule has 0 fully saturated rings. The molecule has 75 heavy (non-hydrogen) atoms. The van der Waals surface area contributed by atoms with Gasteiger partial charge in [-0.1, -0.05) is 214 Å². The minimum Gasteiger partial charge on any atom is -0.456 e. The zero-order valence-electron chi connectivity index (χ0n) is 40.8. The molecule has 0 aliphatic heterocycles. The van der Waals surface area contributed by atoms with Gasteiger partial charge in [0.15, 0.2) is 17.5 Å². The van der Waals surface area contributed by atoms with Gasteiger partial charge >= 0.3 is 0 Å². The van der Waals surface area contributed by atoms with Gasteiger partial charge in [0.05, 0.1) is 22.1 Å². The Morgan fingerprint density at radius 3 is 1.81 bits per heavy atom. The van der Waals surface area contributed by atoms with Crippen molar-refractivity contribution < 1.29 is 8.83 Å². The molecular formula is C69H46N4O2. The van der Waals surface area contributed by atoms with Gasteiger partial charge in [0.2, 0.25) is 0 Å². The Morgan fingerprint density at radius 1 is 0.440 bits per heavy atom. The molecule has 354 valence electrons. The summed E-state index contributed by atoms with van der Waals surface area (Å²) in [6.07, 6.45) is 13.6. The summed E-state index contributed by atoms with van der Waals surface area (Å²) in [5.41, 5.74) is 15.8. The van der Waals surface area contributed by atoms with Gasteiger partial charge in [0.1, 0.15) is 22.3 Å². The maximum atomic E-state index is 7.01. The Kier molecular flexibility index (Phi) is 11.2. The molecule has 6 heteroatoms. The van der Waals surface area contributed by atoms with E-state index in [0.29, 0.717) is 17.5 Å². The van der Waals surface area contributed by atoms with Gasteiger partial charge in [0.25, 0.3) is 0 Å². The van der Waals surface area contributed by atoms with Crippen LogP contribution in [-0.4, -0.2) is 19.5 Å². The molecule has 13 rings (SSSR count). The van der Waals surface area contributed by atoms with E-state index in [9.17, 15) is 0 Å². The average Bonchev–Trinajstić information content (AvgIpc) is 4.15. The van der Waals surface area contributed by atoms with Crippen LogP contribution in [0.15, 0.2) is 265 Å². The van der Waals surface area contributed by atoms with Crippen LogP contribution in [0.25, 0.3) is 134 Å². The van der Waals surface area contributed by atoms with Crippen LogP contribution in [0.5, 0.6) is 0 Å². The fourth-order valence-electron chi connectivity index (χ4n) is 10.5. The van der Waals surface area contributed by atoms with Crippen LogP contribution in [-0.2, 0) is 0 Å². The second-order valence-corrected chi connectivity index (χ2v) is 18.4. The van der Waals surface area contributed by atoms with Crippen molar-refractivity contribution in [2.24, 2.45) is 0 Å². The summed E-state index contributed by atoms with van der Waals surface area (Å²) in [7, 11) is 0. The Bertz CT molecular complexity index is 4490. The number of furan rings is 2. The summed E-state index contributed by atoms with van der Waals surface area (Å²) in [6, 6.07) is 69.5. The summed E-state index contributed by atoms with van der Waals surface area (Å²) in [4.78, 5) is 15.4. The van der Waals surface area contributed by atoms with Crippen molar-refractivity contribution in [1.82, 2.24) is 19.5 Å². The zero-order valence-corrected chi connectivity index (χ0v) is 40.8. The van der Waals surface area contributed by atoms with E-state index in [1.807, 2.05) is 84.9 Å². The van der Waals surface area contributed by atoms with Crippen molar-refractivity contribution in [3.8, 4) is 50.7 Å². The second-order valence-electron chi connectivity index (χ2n) is 18.4. The molecule has 0 bridgehead atoms. The zero-order chi connectivity index (χ0) is 50.4. The lowest BCUT2D eigenvalue weighted by molar-refractivity contribution is 0.658. The van der Waals surface area contributed by atoms with Gasteiger partial charge in [-0.05, 0) is 75.9 Å². The molecule has 0 radical (unpaired) electrons. The highest BCUT2D eigenvalue weighted by atomic mass is 16.3. The third-order valence-electron chi connectivity index (χ3n) is 14.0. The third kappa shape index (κ3) is 7.89. The van der Waals surface area contributed by atoms with Crippen molar-refractivity contribution >= 4 is 82.9 Å². The van der Waals surface area contributed by atoms with Crippen LogP contribution in [0.2, 0.25) is 0 Å².